The Balaban J connectivity index is 1.68. The van der Waals surface area contributed by atoms with Crippen LogP contribution in [0, 0.1) is 0 Å². The molecule has 2 aromatic carbocycles. The molecule has 0 aromatic heterocycles. The van der Waals surface area contributed by atoms with Crippen LogP contribution in [0.4, 0.5) is 0 Å². The van der Waals surface area contributed by atoms with E-state index < -0.39 is 0 Å². The Morgan fingerprint density at radius 1 is 0.952 bits per heavy atom. The molecule has 0 amide bonds. The van der Waals surface area contributed by atoms with Crippen molar-refractivity contribution in [3.63, 3.8) is 0 Å². The second kappa shape index (κ2) is 6.88. The van der Waals surface area contributed by atoms with E-state index in [0.29, 0.717) is 0 Å². The van der Waals surface area contributed by atoms with Gasteiger partial charge in [-0.2, -0.15) is 0 Å². The molecule has 1 aliphatic rings. The Kier molecular flexibility index (Phi) is 4.69. The van der Waals surface area contributed by atoms with E-state index in [0.717, 1.165) is 25.7 Å². The van der Waals surface area contributed by atoms with E-state index in [9.17, 15) is 0 Å². The topological polar surface area (TPSA) is 15.3 Å². The van der Waals surface area contributed by atoms with Crippen molar-refractivity contribution in [3.05, 3.63) is 60.2 Å². The molecule has 0 atom stereocenters. The molecular formula is C19H24N2. The van der Waals surface area contributed by atoms with Gasteiger partial charge in [-0.1, -0.05) is 61.5 Å². The van der Waals surface area contributed by atoms with Gasteiger partial charge in [0.2, 0.25) is 0 Å². The van der Waals surface area contributed by atoms with Crippen LogP contribution < -0.4 is 5.32 Å². The lowest BCUT2D eigenvalue weighted by molar-refractivity contribution is 0.138. The first kappa shape index (κ1) is 14.3. The molecule has 0 spiro atoms. The summed E-state index contributed by atoms with van der Waals surface area (Å²) in [4.78, 5) is 2.61. The molecule has 21 heavy (non-hydrogen) atoms. The van der Waals surface area contributed by atoms with Crippen LogP contribution in [-0.4, -0.2) is 30.6 Å². The van der Waals surface area contributed by atoms with Crippen LogP contribution in [0.15, 0.2) is 54.6 Å². The Labute approximate surface area is 127 Å². The van der Waals surface area contributed by atoms with Crippen LogP contribution in [0.25, 0.3) is 11.1 Å². The summed E-state index contributed by atoms with van der Waals surface area (Å²) in [5.74, 6) is 0. The van der Waals surface area contributed by atoms with Gasteiger partial charge in [-0.3, -0.25) is 4.90 Å². The molecular weight excluding hydrogens is 256 g/mol. The fourth-order valence-electron chi connectivity index (χ4n) is 2.88. The van der Waals surface area contributed by atoms with E-state index in [1.165, 1.54) is 29.7 Å². The molecule has 2 aromatic rings. The van der Waals surface area contributed by atoms with Crippen LogP contribution in [0.3, 0.4) is 0 Å². The van der Waals surface area contributed by atoms with Gasteiger partial charge in [-0.15, -0.1) is 0 Å². The van der Waals surface area contributed by atoms with E-state index in [4.69, 9.17) is 0 Å². The second-order valence-corrected chi connectivity index (χ2v) is 5.85. The van der Waals surface area contributed by atoms with Crippen molar-refractivity contribution in [2.45, 2.75) is 25.9 Å². The first-order chi connectivity index (χ1) is 10.4. The number of hydrogen-bond acceptors (Lipinski definition) is 2. The third-order valence-electron chi connectivity index (χ3n) is 4.23. The molecule has 0 radical (unpaired) electrons. The van der Waals surface area contributed by atoms with E-state index in [-0.39, 0.29) is 0 Å². The van der Waals surface area contributed by atoms with E-state index in [1.807, 2.05) is 0 Å². The second-order valence-electron chi connectivity index (χ2n) is 5.85. The van der Waals surface area contributed by atoms with Gasteiger partial charge in [-0.05, 0) is 29.7 Å². The summed E-state index contributed by atoms with van der Waals surface area (Å²) in [6.45, 7) is 6.80. The quantitative estimate of drug-likeness (QED) is 0.870. The molecule has 1 aliphatic heterocycles. The van der Waals surface area contributed by atoms with Crippen molar-refractivity contribution in [2.75, 3.05) is 19.6 Å². The standard InChI is InChI=1S/C19H24N2/c1-2-12-21(19-13-20-14-19)15-16-8-10-18(11-9-16)17-6-4-3-5-7-17/h3-11,19-20H,2,12-15H2,1H3. The predicted octanol–water partition coefficient (Wildman–Crippen LogP) is 3.54. The smallest absolute Gasteiger partial charge is 0.0348 e. The number of hydrogen-bond donors (Lipinski definition) is 1. The molecule has 0 saturated carbocycles. The summed E-state index contributed by atoms with van der Waals surface area (Å²) < 4.78 is 0. The van der Waals surface area contributed by atoms with Gasteiger partial charge in [0.1, 0.15) is 0 Å². The van der Waals surface area contributed by atoms with Crippen LogP contribution in [0.5, 0.6) is 0 Å². The van der Waals surface area contributed by atoms with Gasteiger partial charge in [0, 0.05) is 25.7 Å². The molecule has 0 unspecified atom stereocenters. The Morgan fingerprint density at radius 3 is 2.19 bits per heavy atom. The molecule has 0 aliphatic carbocycles. The molecule has 1 heterocycles. The average molecular weight is 280 g/mol. The van der Waals surface area contributed by atoms with Crippen molar-refractivity contribution >= 4 is 0 Å². The maximum atomic E-state index is 3.37. The molecule has 3 rings (SSSR count). The highest BCUT2D eigenvalue weighted by atomic mass is 15.2. The lowest BCUT2D eigenvalue weighted by Gasteiger charge is -2.38. The van der Waals surface area contributed by atoms with Gasteiger partial charge in [-0.25, -0.2) is 0 Å². The first-order valence-electron chi connectivity index (χ1n) is 7.96. The Hall–Kier alpha value is -1.64. The average Bonchev–Trinajstić information content (AvgIpc) is 2.47. The Morgan fingerprint density at radius 2 is 1.62 bits per heavy atom. The maximum absolute atomic E-state index is 3.37. The van der Waals surface area contributed by atoms with E-state index in [2.05, 4.69) is 71.7 Å². The molecule has 0 bridgehead atoms. The summed E-state index contributed by atoms with van der Waals surface area (Å²) in [6, 6.07) is 20.3. The van der Waals surface area contributed by atoms with Gasteiger partial charge >= 0.3 is 0 Å². The lowest BCUT2D eigenvalue weighted by Crippen LogP contribution is -2.56. The van der Waals surface area contributed by atoms with Crippen LogP contribution in [0.2, 0.25) is 0 Å². The Bertz CT molecular complexity index is 544. The molecule has 110 valence electrons. The number of rotatable bonds is 6. The minimum atomic E-state index is 0.721. The predicted molar refractivity (Wildman–Crippen MR) is 89.2 cm³/mol. The SMILES string of the molecule is CCCN(Cc1ccc(-c2ccccc2)cc1)C1CNC1. The minimum Gasteiger partial charge on any atom is -0.314 e. The highest BCUT2D eigenvalue weighted by Crippen LogP contribution is 2.20. The van der Waals surface area contributed by atoms with E-state index in [1.54, 1.807) is 0 Å². The monoisotopic (exact) mass is 280 g/mol. The van der Waals surface area contributed by atoms with E-state index >= 15 is 0 Å². The van der Waals surface area contributed by atoms with Crippen molar-refractivity contribution < 1.29 is 0 Å². The van der Waals surface area contributed by atoms with Crippen molar-refractivity contribution in [1.82, 2.24) is 10.2 Å². The normalized spacial score (nSPS) is 15.1. The highest BCUT2D eigenvalue weighted by molar-refractivity contribution is 5.63. The summed E-state index contributed by atoms with van der Waals surface area (Å²) in [5.41, 5.74) is 4.00. The van der Waals surface area contributed by atoms with Gasteiger partial charge in [0.05, 0.1) is 0 Å². The summed E-state index contributed by atoms with van der Waals surface area (Å²) in [6.07, 6.45) is 1.22. The molecule has 1 fully saturated rings. The van der Waals surface area contributed by atoms with Gasteiger partial charge in [0.15, 0.2) is 0 Å². The fraction of sp³-hybridized carbons (Fsp3) is 0.368. The first-order valence-corrected chi connectivity index (χ1v) is 7.96. The van der Waals surface area contributed by atoms with Crippen LogP contribution in [-0.2, 0) is 6.54 Å². The highest BCUT2D eigenvalue weighted by Gasteiger charge is 2.23. The number of benzene rings is 2. The van der Waals surface area contributed by atoms with Gasteiger partial charge in [0.25, 0.3) is 0 Å². The fourth-order valence-corrected chi connectivity index (χ4v) is 2.88. The molecule has 1 saturated heterocycles. The molecule has 2 heteroatoms. The maximum Gasteiger partial charge on any atom is 0.0348 e. The van der Waals surface area contributed by atoms with Crippen molar-refractivity contribution in [2.24, 2.45) is 0 Å². The van der Waals surface area contributed by atoms with Crippen molar-refractivity contribution in [3.8, 4) is 11.1 Å². The zero-order chi connectivity index (χ0) is 14.5. The zero-order valence-electron chi connectivity index (χ0n) is 12.8. The summed E-state index contributed by atoms with van der Waals surface area (Å²) in [5, 5.41) is 3.37. The van der Waals surface area contributed by atoms with Crippen LogP contribution in [0.1, 0.15) is 18.9 Å². The largest absolute Gasteiger partial charge is 0.314 e. The number of nitrogens with one attached hydrogen (secondary N) is 1. The number of nitrogens with zero attached hydrogens (tertiary/aromatic N) is 1. The summed E-state index contributed by atoms with van der Waals surface area (Å²) >= 11 is 0. The summed E-state index contributed by atoms with van der Waals surface area (Å²) in [7, 11) is 0. The third-order valence-corrected chi connectivity index (χ3v) is 4.23. The third kappa shape index (κ3) is 3.52. The van der Waals surface area contributed by atoms with Crippen molar-refractivity contribution in [1.29, 1.82) is 0 Å². The lowest BCUT2D eigenvalue weighted by atomic mass is 10.0. The minimum absolute atomic E-state index is 0.721. The van der Waals surface area contributed by atoms with Crippen LogP contribution >= 0.6 is 0 Å². The molecule has 2 nitrogen and oxygen atoms in total. The van der Waals surface area contributed by atoms with Gasteiger partial charge < -0.3 is 5.32 Å². The zero-order valence-corrected chi connectivity index (χ0v) is 12.8. The molecule has 1 N–H and O–H groups in total.